The van der Waals surface area contributed by atoms with Crippen molar-refractivity contribution in [1.82, 2.24) is 14.4 Å². The summed E-state index contributed by atoms with van der Waals surface area (Å²) in [5.74, 6) is -0.174. The van der Waals surface area contributed by atoms with Crippen molar-refractivity contribution in [2.24, 2.45) is 0 Å². The van der Waals surface area contributed by atoms with E-state index in [2.05, 4.69) is 4.98 Å². The van der Waals surface area contributed by atoms with Gasteiger partial charge >= 0.3 is 0 Å². The molecule has 3 heterocycles. The minimum atomic E-state index is -0.579. The number of carbonyl (C=O) groups excluding carboxylic acids is 1. The van der Waals surface area contributed by atoms with Gasteiger partial charge in [0.2, 0.25) is 0 Å². The third-order valence-electron chi connectivity index (χ3n) is 2.55. The molecule has 7 heteroatoms. The van der Waals surface area contributed by atoms with Crippen LogP contribution in [0.15, 0.2) is 17.8 Å². The van der Waals surface area contributed by atoms with E-state index in [1.165, 1.54) is 16.4 Å². The molecule has 2 aromatic rings. The molecule has 0 bridgehead atoms. The second-order valence-corrected chi connectivity index (χ2v) is 4.78. The van der Waals surface area contributed by atoms with Crippen LogP contribution in [0.3, 0.4) is 0 Å². The van der Waals surface area contributed by atoms with Gasteiger partial charge in [-0.3, -0.25) is 14.0 Å². The molecule has 0 aromatic carbocycles. The van der Waals surface area contributed by atoms with Gasteiger partial charge in [-0.15, -0.1) is 11.3 Å². The lowest BCUT2D eigenvalue weighted by Gasteiger charge is -2.12. The number of rotatable bonds is 2. The quantitative estimate of drug-likeness (QED) is 0.822. The number of nitrogens with zero attached hydrogens (tertiary/aromatic N) is 3. The number of hydrogen-bond donors (Lipinski definition) is 1. The van der Waals surface area contributed by atoms with Crippen LogP contribution in [0.2, 0.25) is 0 Å². The maximum absolute atomic E-state index is 11.8. The third-order valence-corrected chi connectivity index (χ3v) is 3.32. The normalized spacial score (nSPS) is 20.3. The average molecular weight is 253 g/mol. The smallest absolute Gasteiger partial charge is 0.252 e. The van der Waals surface area contributed by atoms with E-state index in [9.17, 15) is 9.90 Å². The average Bonchev–Trinajstić information content (AvgIpc) is 2.92. The van der Waals surface area contributed by atoms with Gasteiger partial charge in [0.05, 0.1) is 24.8 Å². The van der Waals surface area contributed by atoms with Gasteiger partial charge in [0.15, 0.2) is 4.96 Å². The van der Waals surface area contributed by atoms with Crippen LogP contribution in [0.25, 0.3) is 4.96 Å². The monoisotopic (exact) mass is 253 g/mol. The number of aliphatic hydroxyl groups excluding tert-OH is 1. The van der Waals surface area contributed by atoms with Crippen LogP contribution in [-0.2, 0) is 16.1 Å². The lowest BCUT2D eigenvalue weighted by Crippen LogP contribution is -2.29. The molecule has 0 radical (unpaired) electrons. The molecule has 1 N–H and O–H groups in total. The second-order valence-electron chi connectivity index (χ2n) is 3.91. The largest absolute Gasteiger partial charge is 0.389 e. The number of aromatic nitrogens is 2. The standard InChI is InChI=1S/C10H11N3O3S/c14-8-5-13(16-6-8)9(15)3-7-4-12-1-2-17-10(12)11-7/h1-2,4,8,14H,3,5-6H2/t8-/m0/s1. The summed E-state index contributed by atoms with van der Waals surface area (Å²) >= 11 is 1.52. The number of fused-ring (bicyclic) bond motifs is 1. The fourth-order valence-corrected chi connectivity index (χ4v) is 2.47. The van der Waals surface area contributed by atoms with E-state index < -0.39 is 6.10 Å². The first-order chi connectivity index (χ1) is 8.22. The Bertz CT molecular complexity index is 521. The summed E-state index contributed by atoms with van der Waals surface area (Å²) in [4.78, 5) is 22.0. The third kappa shape index (κ3) is 2.04. The van der Waals surface area contributed by atoms with Crippen molar-refractivity contribution in [3.8, 4) is 0 Å². The number of amides is 1. The number of imidazole rings is 1. The summed E-state index contributed by atoms with van der Waals surface area (Å²) in [6, 6.07) is 0. The molecule has 17 heavy (non-hydrogen) atoms. The summed E-state index contributed by atoms with van der Waals surface area (Å²) in [6.45, 7) is 0.422. The summed E-state index contributed by atoms with van der Waals surface area (Å²) in [6.07, 6.45) is 3.35. The number of aliphatic hydroxyl groups is 1. The van der Waals surface area contributed by atoms with Crippen LogP contribution in [0.4, 0.5) is 0 Å². The molecule has 0 saturated carbocycles. The molecule has 1 amide bonds. The Morgan fingerprint density at radius 1 is 1.71 bits per heavy atom. The molecule has 1 aliphatic rings. The Morgan fingerprint density at radius 2 is 2.59 bits per heavy atom. The van der Waals surface area contributed by atoms with Crippen LogP contribution in [0.5, 0.6) is 0 Å². The zero-order valence-corrected chi connectivity index (χ0v) is 9.76. The molecule has 1 atom stereocenters. The zero-order valence-electron chi connectivity index (χ0n) is 8.94. The fraction of sp³-hybridized carbons (Fsp3) is 0.400. The molecule has 1 saturated heterocycles. The van der Waals surface area contributed by atoms with E-state index in [4.69, 9.17) is 4.84 Å². The molecule has 0 spiro atoms. The van der Waals surface area contributed by atoms with Crippen LogP contribution in [0.1, 0.15) is 5.69 Å². The predicted molar refractivity (Wildman–Crippen MR) is 60.4 cm³/mol. The van der Waals surface area contributed by atoms with Gasteiger partial charge in [0.1, 0.15) is 6.61 Å². The first kappa shape index (κ1) is 10.7. The first-order valence-electron chi connectivity index (χ1n) is 5.25. The Labute approximate surface area is 101 Å². The van der Waals surface area contributed by atoms with Gasteiger partial charge in [0.25, 0.3) is 5.91 Å². The highest BCUT2D eigenvalue weighted by Gasteiger charge is 2.26. The summed E-state index contributed by atoms with van der Waals surface area (Å²) < 4.78 is 1.88. The van der Waals surface area contributed by atoms with Gasteiger partial charge in [-0.1, -0.05) is 0 Å². The van der Waals surface area contributed by atoms with E-state index in [0.717, 1.165) is 4.96 Å². The van der Waals surface area contributed by atoms with Crippen molar-refractivity contribution in [3.05, 3.63) is 23.5 Å². The highest BCUT2D eigenvalue weighted by molar-refractivity contribution is 7.15. The van der Waals surface area contributed by atoms with Crippen molar-refractivity contribution in [3.63, 3.8) is 0 Å². The van der Waals surface area contributed by atoms with Crippen molar-refractivity contribution in [2.75, 3.05) is 13.2 Å². The first-order valence-corrected chi connectivity index (χ1v) is 6.13. The van der Waals surface area contributed by atoms with Crippen LogP contribution in [0, 0.1) is 0 Å². The maximum Gasteiger partial charge on any atom is 0.252 e. The summed E-state index contributed by atoms with van der Waals surface area (Å²) in [7, 11) is 0. The lowest BCUT2D eigenvalue weighted by molar-refractivity contribution is -0.168. The predicted octanol–water partition coefficient (Wildman–Crippen LogP) is 0.0730. The molecule has 0 aliphatic carbocycles. The second kappa shape index (κ2) is 4.10. The molecular weight excluding hydrogens is 242 g/mol. The minimum absolute atomic E-state index is 0.174. The number of hydrogen-bond acceptors (Lipinski definition) is 5. The summed E-state index contributed by atoms with van der Waals surface area (Å²) in [5, 5.41) is 12.4. The molecule has 2 aromatic heterocycles. The lowest BCUT2D eigenvalue weighted by atomic mass is 10.3. The van der Waals surface area contributed by atoms with Crippen molar-refractivity contribution < 1.29 is 14.7 Å². The highest BCUT2D eigenvalue weighted by atomic mass is 32.1. The van der Waals surface area contributed by atoms with E-state index in [1.807, 2.05) is 22.2 Å². The minimum Gasteiger partial charge on any atom is -0.389 e. The van der Waals surface area contributed by atoms with Crippen molar-refractivity contribution >= 4 is 22.2 Å². The van der Waals surface area contributed by atoms with E-state index in [-0.39, 0.29) is 25.5 Å². The molecule has 1 aliphatic heterocycles. The van der Waals surface area contributed by atoms with Crippen LogP contribution >= 0.6 is 11.3 Å². The maximum atomic E-state index is 11.8. The number of thiazole rings is 1. The molecule has 3 rings (SSSR count). The van der Waals surface area contributed by atoms with Crippen LogP contribution in [-0.4, -0.2) is 44.7 Å². The van der Waals surface area contributed by atoms with Gasteiger partial charge < -0.3 is 5.11 Å². The number of hydroxylamine groups is 2. The molecule has 90 valence electrons. The van der Waals surface area contributed by atoms with Gasteiger partial charge in [-0.05, 0) is 0 Å². The Morgan fingerprint density at radius 3 is 3.29 bits per heavy atom. The Balaban J connectivity index is 1.70. The van der Waals surface area contributed by atoms with Gasteiger partial charge in [0, 0.05) is 17.8 Å². The molecule has 6 nitrogen and oxygen atoms in total. The van der Waals surface area contributed by atoms with E-state index in [1.54, 1.807) is 0 Å². The number of carbonyl (C=O) groups is 1. The Hall–Kier alpha value is -1.44. The topological polar surface area (TPSA) is 67.1 Å². The number of β-amino-alcohol motifs (C(OH)–C–C–N with tert-alkyl or cyclic N) is 1. The molecule has 0 unspecified atom stereocenters. The Kier molecular flexibility index (Phi) is 2.58. The fourth-order valence-electron chi connectivity index (χ4n) is 1.75. The van der Waals surface area contributed by atoms with E-state index >= 15 is 0 Å². The van der Waals surface area contributed by atoms with E-state index in [0.29, 0.717) is 5.69 Å². The van der Waals surface area contributed by atoms with Gasteiger partial charge in [-0.2, -0.15) is 0 Å². The van der Waals surface area contributed by atoms with Crippen molar-refractivity contribution in [1.29, 1.82) is 0 Å². The highest BCUT2D eigenvalue weighted by Crippen LogP contribution is 2.13. The van der Waals surface area contributed by atoms with Gasteiger partial charge in [-0.25, -0.2) is 10.0 Å². The molecular formula is C10H11N3O3S. The van der Waals surface area contributed by atoms with Crippen molar-refractivity contribution in [2.45, 2.75) is 12.5 Å². The SMILES string of the molecule is O=C(Cc1cn2ccsc2n1)N1C[C@H](O)CO1. The zero-order chi connectivity index (χ0) is 11.8. The summed E-state index contributed by atoms with van der Waals surface area (Å²) in [5.41, 5.74) is 0.715. The van der Waals surface area contributed by atoms with Crippen LogP contribution < -0.4 is 0 Å². The molecule has 1 fully saturated rings.